The van der Waals surface area contributed by atoms with Gasteiger partial charge in [-0.05, 0) is 24.3 Å². The van der Waals surface area contributed by atoms with Gasteiger partial charge in [0.25, 0.3) is 5.91 Å². The average molecular weight is 408 g/mol. The van der Waals surface area contributed by atoms with Crippen LogP contribution in [0.1, 0.15) is 5.56 Å². The largest absolute Gasteiger partial charge is 0.467 e. The van der Waals surface area contributed by atoms with Crippen LogP contribution >= 0.6 is 11.6 Å². The Kier molecular flexibility index (Phi) is 5.94. The number of hydrogen-bond acceptors (Lipinski definition) is 4. The van der Waals surface area contributed by atoms with Gasteiger partial charge < -0.3 is 14.4 Å². The van der Waals surface area contributed by atoms with E-state index in [9.17, 15) is 18.4 Å². The van der Waals surface area contributed by atoms with E-state index in [0.717, 1.165) is 24.1 Å². The normalized spacial score (nSPS) is 14.6. The molecule has 0 saturated carbocycles. The molecule has 0 saturated heterocycles. The summed E-state index contributed by atoms with van der Waals surface area (Å²) >= 11 is 6.04. The van der Waals surface area contributed by atoms with Gasteiger partial charge in [-0.25, -0.2) is 13.6 Å². The fourth-order valence-corrected chi connectivity index (χ4v) is 3.06. The molecule has 0 aliphatic carbocycles. The molecule has 3 rings (SSSR count). The number of rotatable bonds is 6. The van der Waals surface area contributed by atoms with Crippen molar-refractivity contribution in [2.24, 2.45) is 0 Å². The summed E-state index contributed by atoms with van der Waals surface area (Å²) in [6.07, 6.45) is 0.834. The van der Waals surface area contributed by atoms with Crippen molar-refractivity contribution in [2.45, 2.75) is 12.5 Å². The van der Waals surface area contributed by atoms with Gasteiger partial charge in [-0.3, -0.25) is 4.79 Å². The highest BCUT2D eigenvalue weighted by Crippen LogP contribution is 2.28. The SMILES string of the molecule is COC(=O)C(Cc1c(F)cccc1F)N1CC(Oc2ccccc2Cl)=CC1=O. The number of esters is 1. The minimum Gasteiger partial charge on any atom is -0.467 e. The van der Waals surface area contributed by atoms with Crippen LogP contribution in [0.2, 0.25) is 5.02 Å². The molecule has 2 aromatic rings. The topological polar surface area (TPSA) is 55.8 Å². The average Bonchev–Trinajstić information content (AvgIpc) is 3.03. The lowest BCUT2D eigenvalue weighted by atomic mass is 10.0. The monoisotopic (exact) mass is 407 g/mol. The van der Waals surface area contributed by atoms with Crippen LogP contribution in [0.15, 0.2) is 54.3 Å². The van der Waals surface area contributed by atoms with Crippen LogP contribution in [0.5, 0.6) is 5.75 Å². The van der Waals surface area contributed by atoms with Gasteiger partial charge in [-0.15, -0.1) is 0 Å². The fraction of sp³-hybridized carbons (Fsp3) is 0.200. The molecule has 0 N–H and O–H groups in total. The molecule has 1 atom stereocenters. The maximum Gasteiger partial charge on any atom is 0.328 e. The van der Waals surface area contributed by atoms with Crippen LogP contribution in [-0.2, 0) is 20.7 Å². The lowest BCUT2D eigenvalue weighted by Gasteiger charge is -2.26. The molecule has 8 heteroatoms. The second-order valence-electron chi connectivity index (χ2n) is 6.05. The Morgan fingerprint density at radius 2 is 1.86 bits per heavy atom. The van der Waals surface area contributed by atoms with Gasteiger partial charge in [0.05, 0.1) is 18.7 Å². The van der Waals surface area contributed by atoms with Crippen LogP contribution in [0.3, 0.4) is 0 Å². The summed E-state index contributed by atoms with van der Waals surface area (Å²) in [5.41, 5.74) is -0.300. The molecule has 2 aromatic carbocycles. The number of hydrogen-bond donors (Lipinski definition) is 0. The minimum atomic E-state index is -1.22. The van der Waals surface area contributed by atoms with E-state index < -0.39 is 29.6 Å². The molecule has 0 radical (unpaired) electrons. The Morgan fingerprint density at radius 3 is 2.50 bits per heavy atom. The number of nitrogens with zero attached hydrogens (tertiary/aromatic N) is 1. The van der Waals surface area contributed by atoms with Crippen LogP contribution in [0.25, 0.3) is 0 Å². The van der Waals surface area contributed by atoms with E-state index in [1.807, 2.05) is 0 Å². The first-order chi connectivity index (χ1) is 13.4. The quantitative estimate of drug-likeness (QED) is 0.688. The Bertz CT molecular complexity index is 927. The number of carbonyl (C=O) groups excluding carboxylic acids is 2. The molecule has 1 aliphatic rings. The predicted octanol–water partition coefficient (Wildman–Crippen LogP) is 3.51. The van der Waals surface area contributed by atoms with Crippen molar-refractivity contribution in [2.75, 3.05) is 13.7 Å². The summed E-state index contributed by atoms with van der Waals surface area (Å²) in [7, 11) is 1.14. The van der Waals surface area contributed by atoms with E-state index in [1.165, 1.54) is 12.1 Å². The summed E-state index contributed by atoms with van der Waals surface area (Å²) in [5, 5.41) is 0.354. The second kappa shape index (κ2) is 8.39. The summed E-state index contributed by atoms with van der Waals surface area (Å²) < 4.78 is 38.4. The van der Waals surface area contributed by atoms with Crippen molar-refractivity contribution in [3.8, 4) is 5.75 Å². The molecular formula is C20H16ClF2NO4. The first kappa shape index (κ1) is 19.8. The molecule has 0 spiro atoms. The highest BCUT2D eigenvalue weighted by Gasteiger charge is 2.36. The van der Waals surface area contributed by atoms with Gasteiger partial charge in [0.1, 0.15) is 29.2 Å². The van der Waals surface area contributed by atoms with Crippen LogP contribution < -0.4 is 4.74 Å². The third kappa shape index (κ3) is 4.14. The number of carbonyl (C=O) groups is 2. The van der Waals surface area contributed by atoms with Crippen molar-refractivity contribution in [1.29, 1.82) is 0 Å². The Hall–Kier alpha value is -2.93. The minimum absolute atomic E-state index is 0.0695. The highest BCUT2D eigenvalue weighted by atomic mass is 35.5. The number of benzene rings is 2. The number of para-hydroxylation sites is 1. The van der Waals surface area contributed by atoms with Crippen molar-refractivity contribution >= 4 is 23.5 Å². The highest BCUT2D eigenvalue weighted by molar-refractivity contribution is 6.32. The molecule has 0 bridgehead atoms. The number of halogens is 3. The first-order valence-corrected chi connectivity index (χ1v) is 8.72. The van der Waals surface area contributed by atoms with E-state index in [1.54, 1.807) is 24.3 Å². The second-order valence-corrected chi connectivity index (χ2v) is 6.46. The molecule has 0 aromatic heterocycles. The van der Waals surface area contributed by atoms with Crippen molar-refractivity contribution < 1.29 is 27.8 Å². The maximum absolute atomic E-state index is 14.0. The van der Waals surface area contributed by atoms with Crippen LogP contribution in [0.4, 0.5) is 8.78 Å². The van der Waals surface area contributed by atoms with Gasteiger partial charge in [-0.1, -0.05) is 29.8 Å². The molecule has 1 unspecified atom stereocenters. The number of amides is 1. The molecule has 1 amide bonds. The molecule has 5 nitrogen and oxygen atoms in total. The smallest absolute Gasteiger partial charge is 0.328 e. The maximum atomic E-state index is 14.0. The van der Waals surface area contributed by atoms with Gasteiger partial charge >= 0.3 is 5.97 Å². The molecule has 1 heterocycles. The molecule has 1 aliphatic heterocycles. The van der Waals surface area contributed by atoms with Gasteiger partial charge in [-0.2, -0.15) is 0 Å². The first-order valence-electron chi connectivity index (χ1n) is 8.35. The zero-order valence-corrected chi connectivity index (χ0v) is 15.6. The van der Waals surface area contributed by atoms with Crippen molar-refractivity contribution in [3.63, 3.8) is 0 Å². The van der Waals surface area contributed by atoms with E-state index >= 15 is 0 Å². The summed E-state index contributed by atoms with van der Waals surface area (Å²) in [6.45, 7) is -0.0695. The summed E-state index contributed by atoms with van der Waals surface area (Å²) in [6, 6.07) is 8.88. The lowest BCUT2D eigenvalue weighted by molar-refractivity contribution is -0.150. The van der Waals surface area contributed by atoms with Crippen LogP contribution in [0, 0.1) is 11.6 Å². The Balaban J connectivity index is 1.81. The lowest BCUT2D eigenvalue weighted by Crippen LogP contribution is -2.45. The van der Waals surface area contributed by atoms with Crippen molar-refractivity contribution in [1.82, 2.24) is 4.90 Å². The molecule has 28 heavy (non-hydrogen) atoms. The van der Waals surface area contributed by atoms with Crippen molar-refractivity contribution in [3.05, 3.63) is 76.5 Å². The Morgan fingerprint density at radius 1 is 1.18 bits per heavy atom. The van der Waals surface area contributed by atoms with E-state index in [0.29, 0.717) is 10.8 Å². The van der Waals surface area contributed by atoms with E-state index in [4.69, 9.17) is 21.1 Å². The Labute approximate surface area is 165 Å². The fourth-order valence-electron chi connectivity index (χ4n) is 2.88. The van der Waals surface area contributed by atoms with Gasteiger partial charge in [0.15, 0.2) is 0 Å². The summed E-state index contributed by atoms with van der Waals surface area (Å²) in [4.78, 5) is 25.8. The third-order valence-corrected chi connectivity index (χ3v) is 4.59. The molecular weight excluding hydrogens is 392 g/mol. The molecule has 146 valence electrons. The van der Waals surface area contributed by atoms with Crippen LogP contribution in [-0.4, -0.2) is 36.5 Å². The summed E-state index contributed by atoms with van der Waals surface area (Å²) in [5.74, 6) is -2.33. The number of ether oxygens (including phenoxy) is 2. The standard InChI is InChI=1S/C20H16ClF2NO4/c1-27-20(26)17(10-13-15(22)6-4-7-16(13)23)24-11-12(9-19(24)25)28-18-8-3-2-5-14(18)21/h2-9,17H,10-11H2,1H3. The number of methoxy groups -OCH3 is 1. The van der Waals surface area contributed by atoms with Gasteiger partial charge in [0.2, 0.25) is 0 Å². The van der Waals surface area contributed by atoms with E-state index in [2.05, 4.69) is 0 Å². The zero-order valence-electron chi connectivity index (χ0n) is 14.8. The van der Waals surface area contributed by atoms with E-state index in [-0.39, 0.29) is 24.3 Å². The third-order valence-electron chi connectivity index (χ3n) is 4.28. The predicted molar refractivity (Wildman–Crippen MR) is 97.7 cm³/mol. The molecule has 0 fully saturated rings. The van der Waals surface area contributed by atoms with Gasteiger partial charge in [0, 0.05) is 18.1 Å². The zero-order chi connectivity index (χ0) is 20.3.